The first-order valence-corrected chi connectivity index (χ1v) is 6.53. The van der Waals surface area contributed by atoms with E-state index in [1.165, 1.54) is 0 Å². The first-order valence-electron chi connectivity index (χ1n) is 6.53. The molecule has 0 saturated carbocycles. The zero-order valence-electron chi connectivity index (χ0n) is 11.4. The van der Waals surface area contributed by atoms with Crippen molar-refractivity contribution in [2.24, 2.45) is 0 Å². The van der Waals surface area contributed by atoms with Gasteiger partial charge in [0.25, 0.3) is 0 Å². The van der Waals surface area contributed by atoms with Crippen LogP contribution in [0.4, 0.5) is 5.69 Å². The molecule has 1 aromatic rings. The molecule has 0 aliphatic carbocycles. The normalized spacial score (nSPS) is 10.8. The van der Waals surface area contributed by atoms with Gasteiger partial charge in [-0.1, -0.05) is 12.1 Å². The third-order valence-electron chi connectivity index (χ3n) is 2.88. The van der Waals surface area contributed by atoms with Crippen molar-refractivity contribution < 1.29 is 9.90 Å². The van der Waals surface area contributed by atoms with Crippen LogP contribution in [-0.4, -0.2) is 36.1 Å². The Bertz CT molecular complexity index is 413. The second-order valence-corrected chi connectivity index (χ2v) is 4.54. The first-order chi connectivity index (χ1) is 9.13. The quantitative estimate of drug-likeness (QED) is 0.448. The van der Waals surface area contributed by atoms with Gasteiger partial charge in [0.2, 0.25) is 5.91 Å². The number of likely N-dealkylation sites (N-methyl/N-ethyl adjacent to an activating group) is 1. The summed E-state index contributed by atoms with van der Waals surface area (Å²) in [6.45, 7) is 0.930. The Hall–Kier alpha value is -1.81. The number of carbonyl (C=O) groups excluding carboxylic acids is 1. The summed E-state index contributed by atoms with van der Waals surface area (Å²) in [5.74, 6) is -0.0131. The summed E-state index contributed by atoms with van der Waals surface area (Å²) < 4.78 is 0. The summed E-state index contributed by atoms with van der Waals surface area (Å²) in [5, 5.41) is 8.67. The number of hydrogen-bond acceptors (Lipinski definition) is 3. The predicted octanol–water partition coefficient (Wildman–Crippen LogP) is 1.90. The van der Waals surface area contributed by atoms with E-state index >= 15 is 0 Å². The number of nitrogen functional groups attached to an aromatic ring is 1. The molecule has 1 rings (SSSR count). The molecule has 104 valence electrons. The standard InChI is InChI=1S/C15H22N2O2/c1-17(11-3-2-4-12-18)15(19)10-7-13-5-8-14(16)9-6-13/h5-10,18H,2-4,11-12,16H2,1H3/b10-7+. The van der Waals surface area contributed by atoms with Gasteiger partial charge in [-0.3, -0.25) is 4.79 Å². The minimum Gasteiger partial charge on any atom is -0.399 e. The van der Waals surface area contributed by atoms with Gasteiger partial charge in [-0.15, -0.1) is 0 Å². The Morgan fingerprint density at radius 1 is 1.26 bits per heavy atom. The number of aliphatic hydroxyl groups excluding tert-OH is 1. The number of benzene rings is 1. The molecule has 0 aliphatic rings. The Morgan fingerprint density at radius 2 is 1.95 bits per heavy atom. The average molecular weight is 262 g/mol. The topological polar surface area (TPSA) is 66.6 Å². The lowest BCUT2D eigenvalue weighted by Gasteiger charge is -2.14. The summed E-state index contributed by atoms with van der Waals surface area (Å²) in [7, 11) is 1.79. The lowest BCUT2D eigenvalue weighted by atomic mass is 10.2. The second-order valence-electron chi connectivity index (χ2n) is 4.54. The van der Waals surface area contributed by atoms with E-state index in [1.54, 1.807) is 24.1 Å². The first kappa shape index (κ1) is 15.2. The fourth-order valence-electron chi connectivity index (χ4n) is 1.65. The molecule has 0 fully saturated rings. The molecular weight excluding hydrogens is 240 g/mol. The molecule has 19 heavy (non-hydrogen) atoms. The SMILES string of the molecule is CN(CCCCCO)C(=O)/C=C/c1ccc(N)cc1. The van der Waals surface area contributed by atoms with Crippen molar-refractivity contribution in [3.05, 3.63) is 35.9 Å². The number of aliphatic hydroxyl groups is 1. The molecule has 0 bridgehead atoms. The van der Waals surface area contributed by atoms with Gasteiger partial charge < -0.3 is 15.7 Å². The van der Waals surface area contributed by atoms with E-state index in [-0.39, 0.29) is 12.5 Å². The highest BCUT2D eigenvalue weighted by atomic mass is 16.2. The van der Waals surface area contributed by atoms with Crippen LogP contribution in [0.25, 0.3) is 6.08 Å². The summed E-state index contributed by atoms with van der Waals surface area (Å²) in [4.78, 5) is 13.5. The Labute approximate surface area is 114 Å². The summed E-state index contributed by atoms with van der Waals surface area (Å²) in [6, 6.07) is 7.37. The van der Waals surface area contributed by atoms with Crippen LogP contribution < -0.4 is 5.73 Å². The van der Waals surface area contributed by atoms with Crippen LogP contribution in [0.2, 0.25) is 0 Å². The van der Waals surface area contributed by atoms with Crippen molar-refractivity contribution in [2.45, 2.75) is 19.3 Å². The summed E-state index contributed by atoms with van der Waals surface area (Å²) in [5.41, 5.74) is 7.26. The number of nitrogens with two attached hydrogens (primary N) is 1. The minimum absolute atomic E-state index is 0.0131. The molecule has 4 heteroatoms. The molecule has 0 heterocycles. The van der Waals surface area contributed by atoms with Gasteiger partial charge in [-0.2, -0.15) is 0 Å². The van der Waals surface area contributed by atoms with E-state index in [0.717, 1.165) is 24.8 Å². The number of carbonyl (C=O) groups is 1. The fraction of sp³-hybridized carbons (Fsp3) is 0.400. The van der Waals surface area contributed by atoms with Crippen molar-refractivity contribution >= 4 is 17.7 Å². The van der Waals surface area contributed by atoms with Gasteiger partial charge in [0.05, 0.1) is 0 Å². The molecule has 0 unspecified atom stereocenters. The van der Waals surface area contributed by atoms with E-state index in [9.17, 15) is 4.79 Å². The van der Waals surface area contributed by atoms with Gasteiger partial charge in [0.15, 0.2) is 0 Å². The second kappa shape index (κ2) is 8.32. The third kappa shape index (κ3) is 6.06. The van der Waals surface area contributed by atoms with E-state index < -0.39 is 0 Å². The summed E-state index contributed by atoms with van der Waals surface area (Å²) in [6.07, 6.45) is 6.00. The zero-order valence-corrected chi connectivity index (χ0v) is 11.4. The third-order valence-corrected chi connectivity index (χ3v) is 2.88. The lowest BCUT2D eigenvalue weighted by Crippen LogP contribution is -2.25. The molecule has 0 radical (unpaired) electrons. The maximum absolute atomic E-state index is 11.8. The highest BCUT2D eigenvalue weighted by Crippen LogP contribution is 2.07. The van der Waals surface area contributed by atoms with E-state index in [1.807, 2.05) is 24.3 Å². The van der Waals surface area contributed by atoms with Gasteiger partial charge >= 0.3 is 0 Å². The van der Waals surface area contributed by atoms with Crippen molar-refractivity contribution in [3.63, 3.8) is 0 Å². The van der Waals surface area contributed by atoms with Crippen LogP contribution in [0.5, 0.6) is 0 Å². The molecule has 3 N–H and O–H groups in total. The van der Waals surface area contributed by atoms with Crippen molar-refractivity contribution in [2.75, 3.05) is 25.9 Å². The van der Waals surface area contributed by atoms with Crippen LogP contribution in [-0.2, 0) is 4.79 Å². The zero-order chi connectivity index (χ0) is 14.1. The van der Waals surface area contributed by atoms with Crippen LogP contribution in [0.1, 0.15) is 24.8 Å². The maximum Gasteiger partial charge on any atom is 0.246 e. The molecule has 1 aromatic carbocycles. The Morgan fingerprint density at radius 3 is 2.58 bits per heavy atom. The molecular formula is C15H22N2O2. The number of hydrogen-bond donors (Lipinski definition) is 2. The predicted molar refractivity (Wildman–Crippen MR) is 78.5 cm³/mol. The number of unbranched alkanes of at least 4 members (excludes halogenated alkanes) is 2. The van der Waals surface area contributed by atoms with E-state index in [4.69, 9.17) is 10.8 Å². The molecule has 0 aliphatic heterocycles. The highest BCUT2D eigenvalue weighted by Gasteiger charge is 2.03. The molecule has 0 atom stereocenters. The van der Waals surface area contributed by atoms with Crippen LogP contribution in [0.3, 0.4) is 0 Å². The number of anilines is 1. The lowest BCUT2D eigenvalue weighted by molar-refractivity contribution is -0.124. The van der Waals surface area contributed by atoms with E-state index in [2.05, 4.69) is 0 Å². The monoisotopic (exact) mass is 262 g/mol. The average Bonchev–Trinajstić information content (AvgIpc) is 2.42. The number of amides is 1. The molecule has 1 amide bonds. The maximum atomic E-state index is 11.8. The molecule has 4 nitrogen and oxygen atoms in total. The Balaban J connectivity index is 2.38. The number of nitrogens with zero attached hydrogens (tertiary/aromatic N) is 1. The van der Waals surface area contributed by atoms with Crippen LogP contribution >= 0.6 is 0 Å². The largest absolute Gasteiger partial charge is 0.399 e. The van der Waals surface area contributed by atoms with Gasteiger partial charge in [-0.25, -0.2) is 0 Å². The fourth-order valence-corrected chi connectivity index (χ4v) is 1.65. The smallest absolute Gasteiger partial charge is 0.246 e. The van der Waals surface area contributed by atoms with Crippen LogP contribution in [0.15, 0.2) is 30.3 Å². The van der Waals surface area contributed by atoms with Gasteiger partial charge in [-0.05, 0) is 43.0 Å². The Kier molecular flexibility index (Phi) is 6.68. The van der Waals surface area contributed by atoms with Crippen LogP contribution in [0, 0.1) is 0 Å². The molecule has 0 spiro atoms. The minimum atomic E-state index is -0.0131. The molecule has 0 aromatic heterocycles. The summed E-state index contributed by atoms with van der Waals surface area (Å²) >= 11 is 0. The van der Waals surface area contributed by atoms with Gasteiger partial charge in [0.1, 0.15) is 0 Å². The van der Waals surface area contributed by atoms with Crippen molar-refractivity contribution in [1.82, 2.24) is 4.90 Å². The molecule has 0 saturated heterocycles. The van der Waals surface area contributed by atoms with Gasteiger partial charge in [0, 0.05) is 32.0 Å². The number of rotatable bonds is 7. The van der Waals surface area contributed by atoms with Crippen molar-refractivity contribution in [1.29, 1.82) is 0 Å². The highest BCUT2D eigenvalue weighted by molar-refractivity contribution is 5.91. The van der Waals surface area contributed by atoms with Crippen molar-refractivity contribution in [3.8, 4) is 0 Å². The van der Waals surface area contributed by atoms with E-state index in [0.29, 0.717) is 12.2 Å².